The summed E-state index contributed by atoms with van der Waals surface area (Å²) in [6, 6.07) is 5.82. The Kier molecular flexibility index (Phi) is 7.21. The zero-order valence-electron chi connectivity index (χ0n) is 14.3. The third-order valence-corrected chi connectivity index (χ3v) is 7.12. The van der Waals surface area contributed by atoms with Crippen LogP contribution in [0.3, 0.4) is 0 Å². The molecule has 2 N–H and O–H groups in total. The van der Waals surface area contributed by atoms with Crippen molar-refractivity contribution in [2.45, 2.75) is 10.8 Å². The molecule has 11 heteroatoms. The number of amides is 1. The zero-order valence-corrected chi connectivity index (χ0v) is 17.5. The molecule has 142 valence electrons. The fourth-order valence-corrected chi connectivity index (χ4v) is 5.11. The van der Waals surface area contributed by atoms with Gasteiger partial charge in [0.25, 0.3) is 0 Å². The zero-order chi connectivity index (χ0) is 19.1. The summed E-state index contributed by atoms with van der Waals surface area (Å²) in [5.41, 5.74) is 0.464. The summed E-state index contributed by atoms with van der Waals surface area (Å²) in [6.45, 7) is 0.786. The van der Waals surface area contributed by atoms with Gasteiger partial charge in [-0.05, 0) is 29.3 Å². The van der Waals surface area contributed by atoms with E-state index in [-0.39, 0.29) is 11.7 Å². The lowest BCUT2D eigenvalue weighted by atomic mass is 10.3. The molecule has 3 aromatic rings. The van der Waals surface area contributed by atoms with Crippen LogP contribution < -0.4 is 10.6 Å². The molecule has 3 heterocycles. The Labute approximate surface area is 172 Å². The number of hydrogen-bond acceptors (Lipinski definition) is 10. The molecule has 3 rings (SSSR count). The van der Waals surface area contributed by atoms with Gasteiger partial charge in [-0.3, -0.25) is 4.79 Å². The molecule has 0 aliphatic carbocycles. The Bertz CT molecular complexity index is 891. The number of aromatic nitrogens is 2. The second kappa shape index (κ2) is 9.83. The van der Waals surface area contributed by atoms with E-state index in [0.717, 1.165) is 18.1 Å². The average Bonchev–Trinajstić information content (AvgIpc) is 3.42. The second-order valence-electron chi connectivity index (χ2n) is 5.12. The molecule has 0 radical (unpaired) electrons. The number of carbonyl (C=O) groups excluding carboxylic acids is 2. The number of nitrogens with zero attached hydrogens (tertiary/aromatic N) is 2. The summed E-state index contributed by atoms with van der Waals surface area (Å²) < 4.78 is 5.41. The van der Waals surface area contributed by atoms with E-state index in [1.54, 1.807) is 22.8 Å². The predicted molar refractivity (Wildman–Crippen MR) is 111 cm³/mol. The maximum Gasteiger partial charge on any atom is 0.350 e. The molecule has 0 aliphatic heterocycles. The lowest BCUT2D eigenvalue weighted by Crippen LogP contribution is -2.15. The fraction of sp³-hybridized carbons (Fsp3) is 0.250. The molecule has 0 saturated carbocycles. The number of methoxy groups -OCH3 is 1. The lowest BCUT2D eigenvalue weighted by Gasteiger charge is -2.04. The molecule has 1 amide bonds. The normalized spacial score (nSPS) is 10.6. The molecule has 0 aromatic carbocycles. The molecule has 27 heavy (non-hydrogen) atoms. The smallest absolute Gasteiger partial charge is 0.350 e. The molecule has 0 fully saturated rings. The van der Waals surface area contributed by atoms with Crippen LogP contribution in [0, 0.1) is 0 Å². The monoisotopic (exact) mass is 440 g/mol. The molecular formula is C16H16N4O3S4. The molecule has 0 spiro atoms. The molecular weight excluding hydrogens is 424 g/mol. The topological polar surface area (TPSA) is 93.2 Å². The van der Waals surface area contributed by atoms with Gasteiger partial charge in [-0.1, -0.05) is 29.2 Å². The van der Waals surface area contributed by atoms with Gasteiger partial charge in [0.15, 0.2) is 4.34 Å². The Morgan fingerprint density at radius 1 is 1.22 bits per heavy atom. The quantitative estimate of drug-likeness (QED) is 0.386. The first-order valence-electron chi connectivity index (χ1n) is 7.84. The van der Waals surface area contributed by atoms with E-state index >= 15 is 0 Å². The number of rotatable bonds is 9. The molecule has 7 nitrogen and oxygen atoms in total. The van der Waals surface area contributed by atoms with Gasteiger partial charge in [0, 0.05) is 11.4 Å². The van der Waals surface area contributed by atoms with Crippen LogP contribution in [0.25, 0.3) is 0 Å². The third kappa shape index (κ3) is 5.76. The summed E-state index contributed by atoms with van der Waals surface area (Å²) in [5.74, 6) is -0.499. The van der Waals surface area contributed by atoms with Gasteiger partial charge in [0.2, 0.25) is 11.0 Å². The minimum absolute atomic E-state index is 0.181. The molecule has 0 unspecified atom stereocenters. The van der Waals surface area contributed by atoms with Crippen molar-refractivity contribution in [3.05, 3.63) is 38.7 Å². The van der Waals surface area contributed by atoms with Crippen molar-refractivity contribution < 1.29 is 14.3 Å². The van der Waals surface area contributed by atoms with Gasteiger partial charge in [-0.15, -0.1) is 32.9 Å². The van der Waals surface area contributed by atoms with Crippen molar-refractivity contribution >= 4 is 68.5 Å². The first kappa shape index (κ1) is 19.8. The number of carbonyl (C=O) groups is 2. The van der Waals surface area contributed by atoms with E-state index in [0.29, 0.717) is 14.9 Å². The maximum absolute atomic E-state index is 12.1. The Hall–Kier alpha value is -1.95. The van der Waals surface area contributed by atoms with E-state index in [1.165, 1.54) is 46.4 Å². The highest BCUT2D eigenvalue weighted by atomic mass is 32.2. The standard InChI is InChI=1S/C16H16N4O3S4/c1-23-14(22)13-11(5-8-25-13)18-12(21)9-26-16-20-19-15(27-16)17-6-4-10-3-2-7-24-10/h2-3,5,7-8H,4,6,9H2,1H3,(H,17,19)(H,18,21). The number of ether oxygens (including phenoxy) is 1. The van der Waals surface area contributed by atoms with Gasteiger partial charge in [-0.2, -0.15) is 0 Å². The Morgan fingerprint density at radius 3 is 2.89 bits per heavy atom. The summed E-state index contributed by atoms with van der Waals surface area (Å²) >= 11 is 5.67. The number of thiophene rings is 2. The number of thioether (sulfide) groups is 1. The molecule has 0 bridgehead atoms. The SMILES string of the molecule is COC(=O)c1sccc1NC(=O)CSc1nnc(NCCc2cccs2)s1. The third-order valence-electron chi connectivity index (χ3n) is 3.27. The van der Waals surface area contributed by atoms with Gasteiger partial charge in [0.1, 0.15) is 4.88 Å². The minimum Gasteiger partial charge on any atom is -0.465 e. The van der Waals surface area contributed by atoms with E-state index in [4.69, 9.17) is 4.74 Å². The van der Waals surface area contributed by atoms with Crippen molar-refractivity contribution in [3.8, 4) is 0 Å². The first-order valence-corrected chi connectivity index (χ1v) is 11.4. The van der Waals surface area contributed by atoms with Crippen molar-refractivity contribution in [2.24, 2.45) is 0 Å². The van der Waals surface area contributed by atoms with Gasteiger partial charge >= 0.3 is 5.97 Å². The van der Waals surface area contributed by atoms with Crippen LogP contribution >= 0.6 is 45.8 Å². The molecule has 0 atom stereocenters. The number of nitrogens with one attached hydrogen (secondary N) is 2. The Balaban J connectivity index is 1.43. The van der Waals surface area contributed by atoms with E-state index in [1.807, 2.05) is 6.07 Å². The maximum atomic E-state index is 12.1. The summed E-state index contributed by atoms with van der Waals surface area (Å²) in [7, 11) is 1.31. The summed E-state index contributed by atoms with van der Waals surface area (Å²) in [6.07, 6.45) is 0.936. The lowest BCUT2D eigenvalue weighted by molar-refractivity contribution is -0.113. The largest absolute Gasteiger partial charge is 0.465 e. The highest BCUT2D eigenvalue weighted by molar-refractivity contribution is 8.01. The molecule has 0 aliphatic rings. The van der Waals surface area contributed by atoms with E-state index in [2.05, 4.69) is 32.3 Å². The second-order valence-corrected chi connectivity index (χ2v) is 9.27. The van der Waals surface area contributed by atoms with Crippen molar-refractivity contribution in [1.82, 2.24) is 10.2 Å². The highest BCUT2D eigenvalue weighted by Gasteiger charge is 2.16. The minimum atomic E-state index is -0.463. The van der Waals surface area contributed by atoms with Crippen LogP contribution in [0.2, 0.25) is 0 Å². The average molecular weight is 441 g/mol. The van der Waals surface area contributed by atoms with Crippen LogP contribution in [-0.2, 0) is 16.0 Å². The van der Waals surface area contributed by atoms with Crippen LogP contribution in [0.1, 0.15) is 14.5 Å². The number of hydrogen-bond donors (Lipinski definition) is 2. The van der Waals surface area contributed by atoms with E-state index < -0.39 is 5.97 Å². The van der Waals surface area contributed by atoms with Crippen LogP contribution in [-0.4, -0.2) is 41.5 Å². The van der Waals surface area contributed by atoms with Gasteiger partial charge in [-0.25, -0.2) is 4.79 Å². The Morgan fingerprint density at radius 2 is 2.11 bits per heavy atom. The van der Waals surface area contributed by atoms with Gasteiger partial charge < -0.3 is 15.4 Å². The fourth-order valence-electron chi connectivity index (χ4n) is 2.06. The van der Waals surface area contributed by atoms with Crippen molar-refractivity contribution in [3.63, 3.8) is 0 Å². The van der Waals surface area contributed by atoms with Gasteiger partial charge in [0.05, 0.1) is 18.6 Å². The van der Waals surface area contributed by atoms with E-state index in [9.17, 15) is 9.59 Å². The molecule has 3 aromatic heterocycles. The summed E-state index contributed by atoms with van der Waals surface area (Å²) in [4.78, 5) is 25.4. The predicted octanol–water partition coefficient (Wildman–Crippen LogP) is 3.83. The van der Waals surface area contributed by atoms with Crippen LogP contribution in [0.4, 0.5) is 10.8 Å². The highest BCUT2D eigenvalue weighted by Crippen LogP contribution is 2.27. The van der Waals surface area contributed by atoms with Crippen molar-refractivity contribution in [1.29, 1.82) is 0 Å². The first-order chi connectivity index (χ1) is 13.2. The summed E-state index contributed by atoms with van der Waals surface area (Å²) in [5, 5.41) is 18.7. The van der Waals surface area contributed by atoms with Crippen LogP contribution in [0.5, 0.6) is 0 Å². The van der Waals surface area contributed by atoms with Crippen molar-refractivity contribution in [2.75, 3.05) is 30.0 Å². The number of esters is 1. The molecule has 0 saturated heterocycles. The van der Waals surface area contributed by atoms with Crippen LogP contribution in [0.15, 0.2) is 33.3 Å². The number of anilines is 2.